The van der Waals surface area contributed by atoms with E-state index < -0.39 is 0 Å². The Morgan fingerprint density at radius 3 is 2.38 bits per heavy atom. The van der Waals surface area contributed by atoms with E-state index in [0.29, 0.717) is 0 Å². The van der Waals surface area contributed by atoms with Crippen molar-refractivity contribution in [2.75, 3.05) is 6.61 Å². The van der Waals surface area contributed by atoms with Crippen LogP contribution in [-0.4, -0.2) is 6.61 Å². The number of rotatable bonds is 2. The minimum atomic E-state index is 0.0977. The van der Waals surface area contributed by atoms with E-state index in [1.807, 2.05) is 32.0 Å². The van der Waals surface area contributed by atoms with Gasteiger partial charge >= 0.3 is 0 Å². The first-order valence-electron chi connectivity index (χ1n) is 3.91. The molecule has 0 aromatic heterocycles. The van der Waals surface area contributed by atoms with Crippen LogP contribution in [0.5, 0.6) is 5.75 Å². The molecule has 0 aliphatic rings. The van der Waals surface area contributed by atoms with Gasteiger partial charge in [0, 0.05) is 4.47 Å². The summed E-state index contributed by atoms with van der Waals surface area (Å²) in [5.74, 6) is 0.750. The second-order valence-electron chi connectivity index (χ2n) is 2.82. The molecule has 0 atom stereocenters. The van der Waals surface area contributed by atoms with Crippen molar-refractivity contribution >= 4 is 15.9 Å². The maximum absolute atomic E-state index is 8.34. The first-order chi connectivity index (χ1) is 6.15. The molecule has 0 fully saturated rings. The zero-order valence-electron chi connectivity index (χ0n) is 7.60. The first-order valence-corrected chi connectivity index (χ1v) is 4.71. The van der Waals surface area contributed by atoms with Gasteiger partial charge in [-0.1, -0.05) is 15.9 Å². The summed E-state index contributed by atoms with van der Waals surface area (Å²) in [6.45, 7) is 4.09. The van der Waals surface area contributed by atoms with Crippen molar-refractivity contribution in [1.82, 2.24) is 0 Å². The highest BCUT2D eigenvalue weighted by molar-refractivity contribution is 9.10. The third-order valence-electron chi connectivity index (χ3n) is 1.71. The lowest BCUT2D eigenvalue weighted by atomic mass is 10.1. The number of ether oxygens (including phenoxy) is 1. The van der Waals surface area contributed by atoms with Gasteiger partial charge in [0.2, 0.25) is 0 Å². The van der Waals surface area contributed by atoms with Gasteiger partial charge < -0.3 is 4.74 Å². The third kappa shape index (κ3) is 2.46. The number of benzene rings is 1. The van der Waals surface area contributed by atoms with E-state index in [1.165, 1.54) is 0 Å². The molecule has 68 valence electrons. The highest BCUT2D eigenvalue weighted by Gasteiger charge is 2.02. The molecule has 0 aliphatic heterocycles. The van der Waals surface area contributed by atoms with Crippen molar-refractivity contribution < 1.29 is 4.74 Å². The molecule has 0 heterocycles. The number of nitrogens with zero attached hydrogens (tertiary/aromatic N) is 1. The Hall–Kier alpha value is -1.01. The first kappa shape index (κ1) is 10.1. The Morgan fingerprint density at radius 2 is 1.92 bits per heavy atom. The molecule has 1 aromatic rings. The van der Waals surface area contributed by atoms with E-state index in [2.05, 4.69) is 15.9 Å². The van der Waals surface area contributed by atoms with Crippen LogP contribution in [0.4, 0.5) is 0 Å². The summed E-state index contributed by atoms with van der Waals surface area (Å²) in [6, 6.07) is 5.76. The van der Waals surface area contributed by atoms with Crippen molar-refractivity contribution in [3.8, 4) is 11.8 Å². The Bertz CT molecular complexity index is 331. The normalized spacial score (nSPS) is 9.38. The predicted octanol–water partition coefficient (Wildman–Crippen LogP) is 2.97. The zero-order valence-corrected chi connectivity index (χ0v) is 9.18. The van der Waals surface area contributed by atoms with Crippen LogP contribution in [0.1, 0.15) is 11.1 Å². The number of hydrogen-bond acceptors (Lipinski definition) is 2. The smallest absolute Gasteiger partial charge is 0.174 e. The summed E-state index contributed by atoms with van der Waals surface area (Å²) >= 11 is 3.46. The minimum Gasteiger partial charge on any atom is -0.479 e. The Balaban J connectivity index is 2.94. The van der Waals surface area contributed by atoms with Crippen LogP contribution in [0.25, 0.3) is 0 Å². The molecule has 1 aromatic carbocycles. The average molecular weight is 240 g/mol. The second kappa shape index (κ2) is 4.29. The van der Waals surface area contributed by atoms with E-state index >= 15 is 0 Å². The minimum absolute atomic E-state index is 0.0977. The van der Waals surface area contributed by atoms with Gasteiger partial charge in [-0.3, -0.25) is 0 Å². The SMILES string of the molecule is Cc1cc(OCC#N)cc(C)c1Br. The van der Waals surface area contributed by atoms with E-state index in [0.717, 1.165) is 21.3 Å². The Labute approximate surface area is 86.3 Å². The van der Waals surface area contributed by atoms with Crippen molar-refractivity contribution in [3.05, 3.63) is 27.7 Å². The molecular weight excluding hydrogens is 230 g/mol. The maximum atomic E-state index is 8.34. The van der Waals surface area contributed by atoms with Gasteiger partial charge in [0.05, 0.1) is 0 Å². The van der Waals surface area contributed by atoms with Gasteiger partial charge in [-0.05, 0) is 37.1 Å². The van der Waals surface area contributed by atoms with Crippen LogP contribution in [0.2, 0.25) is 0 Å². The van der Waals surface area contributed by atoms with Crippen LogP contribution in [-0.2, 0) is 0 Å². The predicted molar refractivity (Wildman–Crippen MR) is 54.7 cm³/mol. The summed E-state index contributed by atoms with van der Waals surface area (Å²) in [6.07, 6.45) is 0. The lowest BCUT2D eigenvalue weighted by Crippen LogP contribution is -1.94. The highest BCUT2D eigenvalue weighted by atomic mass is 79.9. The molecule has 0 spiro atoms. The fourth-order valence-electron chi connectivity index (χ4n) is 1.11. The summed E-state index contributed by atoms with van der Waals surface area (Å²) in [7, 11) is 0. The van der Waals surface area contributed by atoms with Gasteiger partial charge in [0.15, 0.2) is 6.61 Å². The lowest BCUT2D eigenvalue weighted by molar-refractivity contribution is 0.367. The quantitative estimate of drug-likeness (QED) is 0.796. The molecular formula is C10H10BrNO. The molecule has 2 nitrogen and oxygen atoms in total. The lowest BCUT2D eigenvalue weighted by Gasteiger charge is -2.07. The average Bonchev–Trinajstić information content (AvgIpc) is 2.10. The summed E-state index contributed by atoms with van der Waals surface area (Å²) in [5, 5.41) is 8.34. The molecule has 0 amide bonds. The van der Waals surface area contributed by atoms with Crippen molar-refractivity contribution in [3.63, 3.8) is 0 Å². The standard InChI is InChI=1S/C10H10BrNO/c1-7-5-9(13-4-3-12)6-8(2)10(7)11/h5-6H,4H2,1-2H3. The molecule has 0 unspecified atom stereocenters. The van der Waals surface area contributed by atoms with E-state index in [4.69, 9.17) is 10.00 Å². The molecule has 1 rings (SSSR count). The van der Waals surface area contributed by atoms with Gasteiger partial charge in [0.25, 0.3) is 0 Å². The van der Waals surface area contributed by atoms with Crippen LogP contribution >= 0.6 is 15.9 Å². The van der Waals surface area contributed by atoms with Crippen molar-refractivity contribution in [1.29, 1.82) is 5.26 Å². The molecule has 0 N–H and O–H groups in total. The van der Waals surface area contributed by atoms with Crippen LogP contribution in [0.15, 0.2) is 16.6 Å². The van der Waals surface area contributed by atoms with E-state index in [1.54, 1.807) is 0 Å². The van der Waals surface area contributed by atoms with Gasteiger partial charge in [-0.2, -0.15) is 5.26 Å². The summed E-state index contributed by atoms with van der Waals surface area (Å²) < 4.78 is 6.28. The third-order valence-corrected chi connectivity index (χ3v) is 2.96. The van der Waals surface area contributed by atoms with E-state index in [9.17, 15) is 0 Å². The van der Waals surface area contributed by atoms with Crippen LogP contribution in [0, 0.1) is 25.2 Å². The number of hydrogen-bond donors (Lipinski definition) is 0. The topological polar surface area (TPSA) is 33.0 Å². The van der Waals surface area contributed by atoms with Crippen molar-refractivity contribution in [2.24, 2.45) is 0 Å². The largest absolute Gasteiger partial charge is 0.479 e. The van der Waals surface area contributed by atoms with Gasteiger partial charge in [-0.15, -0.1) is 0 Å². The van der Waals surface area contributed by atoms with Crippen molar-refractivity contribution in [2.45, 2.75) is 13.8 Å². The summed E-state index contributed by atoms with van der Waals surface area (Å²) in [5.41, 5.74) is 2.24. The fraction of sp³-hybridized carbons (Fsp3) is 0.300. The maximum Gasteiger partial charge on any atom is 0.174 e. The molecule has 0 radical (unpaired) electrons. The number of aryl methyl sites for hydroxylation is 2. The molecule has 3 heteroatoms. The van der Waals surface area contributed by atoms with Crippen LogP contribution < -0.4 is 4.74 Å². The highest BCUT2D eigenvalue weighted by Crippen LogP contribution is 2.26. The van der Waals surface area contributed by atoms with E-state index in [-0.39, 0.29) is 6.61 Å². The molecule has 0 bridgehead atoms. The Morgan fingerprint density at radius 1 is 1.38 bits per heavy atom. The van der Waals surface area contributed by atoms with Gasteiger partial charge in [0.1, 0.15) is 11.8 Å². The number of halogens is 1. The molecule has 0 saturated heterocycles. The second-order valence-corrected chi connectivity index (χ2v) is 3.61. The molecule has 0 aliphatic carbocycles. The molecule has 13 heavy (non-hydrogen) atoms. The fourth-order valence-corrected chi connectivity index (χ4v) is 1.33. The number of nitriles is 1. The van der Waals surface area contributed by atoms with Gasteiger partial charge in [-0.25, -0.2) is 0 Å². The zero-order chi connectivity index (χ0) is 9.84. The summed E-state index contributed by atoms with van der Waals surface area (Å²) in [4.78, 5) is 0. The Kier molecular flexibility index (Phi) is 3.32. The monoisotopic (exact) mass is 239 g/mol. The van der Waals surface area contributed by atoms with Crippen LogP contribution in [0.3, 0.4) is 0 Å². The molecule has 0 saturated carbocycles.